The van der Waals surface area contributed by atoms with Gasteiger partial charge in [0.1, 0.15) is 30.0 Å². The molecule has 1 saturated heterocycles. The molecule has 8 atom stereocenters. The quantitative estimate of drug-likeness (QED) is 0.112. The second kappa shape index (κ2) is 15.9. The summed E-state index contributed by atoms with van der Waals surface area (Å²) in [6.45, 7) is 6.43. The van der Waals surface area contributed by atoms with E-state index < -0.39 is 24.0 Å². The Balaban J connectivity index is 1.49. The maximum absolute atomic E-state index is 12.8. The number of methoxy groups -OCH3 is 1. The minimum atomic E-state index is -1.16. The van der Waals surface area contributed by atoms with E-state index in [1.807, 2.05) is 22.9 Å². The van der Waals surface area contributed by atoms with Gasteiger partial charge in [-0.1, -0.05) is 48.4 Å². The smallest absolute Gasteiger partial charge is 0.207 e. The van der Waals surface area contributed by atoms with E-state index in [9.17, 15) is 30.6 Å². The Morgan fingerprint density at radius 3 is 2.45 bits per heavy atom. The molecule has 2 aliphatic carbocycles. The highest BCUT2D eigenvalue weighted by Crippen LogP contribution is 2.63. The molecule has 0 amide bonds. The molecule has 8 unspecified atom stereocenters. The maximum atomic E-state index is 12.8. The van der Waals surface area contributed by atoms with Crippen molar-refractivity contribution in [3.63, 3.8) is 0 Å². The lowest BCUT2D eigenvalue weighted by molar-refractivity contribution is -0.00427. The second-order valence-electron chi connectivity index (χ2n) is 15.4. The lowest BCUT2D eigenvalue weighted by Gasteiger charge is -2.47. The minimum Gasteiger partial charge on any atom is -0.508 e. The third-order valence-electron chi connectivity index (χ3n) is 11.8. The number of aromatic hydroxyl groups is 3. The molecule has 7 rings (SSSR count). The normalized spacial score (nSPS) is 27.5. The summed E-state index contributed by atoms with van der Waals surface area (Å²) in [6.07, 6.45) is 2.12. The molecule has 6 N–H and O–H groups in total. The number of hydrogen-bond donors (Lipinski definition) is 6. The summed E-state index contributed by atoms with van der Waals surface area (Å²) in [5.74, 6) is 1.42. The Morgan fingerprint density at radius 1 is 0.925 bits per heavy atom. The van der Waals surface area contributed by atoms with Crippen LogP contribution in [0, 0.1) is 17.8 Å². The average Bonchev–Trinajstić information content (AvgIpc) is 3.22. The van der Waals surface area contributed by atoms with Crippen LogP contribution in [0.4, 0.5) is 0 Å². The van der Waals surface area contributed by atoms with Crippen LogP contribution < -0.4 is 18.9 Å². The molecule has 3 aromatic carbocycles. The fraction of sp³-hybridized carbons (Fsp3) is 0.561. The molecule has 3 aromatic rings. The predicted molar refractivity (Wildman–Crippen MR) is 207 cm³/mol. The third kappa shape index (κ3) is 6.99. The first kappa shape index (κ1) is 38.1. The number of hydrogen-bond acceptors (Lipinski definition) is 12. The van der Waals surface area contributed by atoms with Gasteiger partial charge in [-0.25, -0.2) is 0 Å². The van der Waals surface area contributed by atoms with Crippen molar-refractivity contribution in [3.8, 4) is 51.4 Å². The number of rotatable bonds is 10. The van der Waals surface area contributed by atoms with Crippen LogP contribution >= 0.6 is 21.6 Å². The van der Waals surface area contributed by atoms with E-state index in [2.05, 4.69) is 20.8 Å². The summed E-state index contributed by atoms with van der Waals surface area (Å²) in [4.78, 5) is 0. The first-order valence-electron chi connectivity index (χ1n) is 18.8. The van der Waals surface area contributed by atoms with Gasteiger partial charge >= 0.3 is 0 Å². The first-order valence-corrected chi connectivity index (χ1v) is 21.2. The van der Waals surface area contributed by atoms with Crippen LogP contribution in [0.25, 0.3) is 11.1 Å². The molecule has 0 radical (unpaired) electrons. The first-order chi connectivity index (χ1) is 25.6. The van der Waals surface area contributed by atoms with Crippen molar-refractivity contribution in [1.82, 2.24) is 0 Å². The number of aliphatic hydroxyl groups is 3. The van der Waals surface area contributed by atoms with Gasteiger partial charge in [0.2, 0.25) is 11.5 Å². The highest BCUT2D eigenvalue weighted by Gasteiger charge is 2.50. The van der Waals surface area contributed by atoms with E-state index in [1.54, 1.807) is 22.9 Å². The van der Waals surface area contributed by atoms with Crippen molar-refractivity contribution >= 4 is 21.6 Å². The van der Waals surface area contributed by atoms with E-state index in [4.69, 9.17) is 18.9 Å². The highest BCUT2D eigenvalue weighted by molar-refractivity contribution is 8.76. The summed E-state index contributed by atoms with van der Waals surface area (Å²) in [5, 5.41) is 67.5. The zero-order valence-electron chi connectivity index (χ0n) is 30.8. The van der Waals surface area contributed by atoms with Crippen LogP contribution in [0.3, 0.4) is 0 Å². The summed E-state index contributed by atoms with van der Waals surface area (Å²) >= 11 is 0. The lowest BCUT2D eigenvalue weighted by Crippen LogP contribution is -2.41. The predicted octanol–water partition coefficient (Wildman–Crippen LogP) is 7.62. The molecule has 12 heteroatoms. The standard InChI is InChI=1S/C41H52O10S2/c1-20(2)9-12-49-31-17-27(37(45)41(48-4)38(31)46)40-39(47)36-32-8-5-22(21(3)10-14-52-53-32)15-25-26-16-23(44)6-7-24(26)33-29(50-13-11-42)18-30(51-40)35(36)34(33)28(25)19-43/h6-7,16-18,20-22,25,28,32,36,39-40,42-47H,5,8-15,19H2,1-4H3. The molecule has 4 aliphatic rings. The van der Waals surface area contributed by atoms with Crippen LogP contribution in [0.15, 0.2) is 30.3 Å². The molecule has 53 heavy (non-hydrogen) atoms. The third-order valence-corrected chi connectivity index (χ3v) is 14.8. The van der Waals surface area contributed by atoms with Crippen molar-refractivity contribution in [2.24, 2.45) is 17.8 Å². The van der Waals surface area contributed by atoms with Crippen molar-refractivity contribution in [2.75, 3.05) is 39.3 Å². The molecular weight excluding hydrogens is 717 g/mol. The van der Waals surface area contributed by atoms with Gasteiger partial charge in [0.25, 0.3) is 0 Å². The van der Waals surface area contributed by atoms with E-state index in [1.165, 1.54) is 13.2 Å². The van der Waals surface area contributed by atoms with Crippen LogP contribution in [0.5, 0.6) is 40.2 Å². The number of phenols is 3. The molecule has 2 aliphatic heterocycles. The average molecular weight is 769 g/mol. The Bertz CT molecular complexity index is 1800. The topological polar surface area (TPSA) is 158 Å². The van der Waals surface area contributed by atoms with E-state index in [0.29, 0.717) is 35.9 Å². The summed E-state index contributed by atoms with van der Waals surface area (Å²) in [6, 6.07) is 8.74. The minimum absolute atomic E-state index is 0.0169. The number of aliphatic hydroxyl groups excluding tert-OH is 3. The van der Waals surface area contributed by atoms with Crippen LogP contribution in [-0.4, -0.2) is 81.3 Å². The molecule has 1 fully saturated rings. The van der Waals surface area contributed by atoms with Gasteiger partial charge in [-0.3, -0.25) is 0 Å². The van der Waals surface area contributed by atoms with E-state index in [0.717, 1.165) is 65.7 Å². The van der Waals surface area contributed by atoms with Crippen LogP contribution in [-0.2, 0) is 0 Å². The van der Waals surface area contributed by atoms with Gasteiger partial charge in [-0.2, -0.15) is 0 Å². The van der Waals surface area contributed by atoms with Gasteiger partial charge in [0, 0.05) is 45.6 Å². The molecule has 4 bridgehead atoms. The van der Waals surface area contributed by atoms with Gasteiger partial charge < -0.3 is 49.6 Å². The lowest BCUT2D eigenvalue weighted by atomic mass is 9.62. The van der Waals surface area contributed by atoms with Crippen molar-refractivity contribution < 1.29 is 49.6 Å². The second-order valence-corrected chi connectivity index (χ2v) is 18.1. The number of fused-ring (bicyclic) bond motifs is 8. The largest absolute Gasteiger partial charge is 0.508 e. The number of benzene rings is 3. The fourth-order valence-electron chi connectivity index (χ4n) is 9.06. The summed E-state index contributed by atoms with van der Waals surface area (Å²) in [5.41, 5.74) is 4.50. The summed E-state index contributed by atoms with van der Waals surface area (Å²) < 4.78 is 24.6. The molecule has 2 heterocycles. The van der Waals surface area contributed by atoms with Gasteiger partial charge in [-0.05, 0) is 90.7 Å². The van der Waals surface area contributed by atoms with Gasteiger partial charge in [0.15, 0.2) is 17.6 Å². The Kier molecular flexibility index (Phi) is 11.4. The summed E-state index contributed by atoms with van der Waals surface area (Å²) in [7, 11) is 4.97. The van der Waals surface area contributed by atoms with Crippen LogP contribution in [0.1, 0.15) is 99.0 Å². The fourth-order valence-corrected chi connectivity index (χ4v) is 12.2. The van der Waals surface area contributed by atoms with Gasteiger partial charge in [-0.15, -0.1) is 0 Å². The Labute approximate surface area is 319 Å². The van der Waals surface area contributed by atoms with Crippen molar-refractivity contribution in [2.45, 2.75) is 88.1 Å². The van der Waals surface area contributed by atoms with Crippen molar-refractivity contribution in [1.29, 1.82) is 0 Å². The van der Waals surface area contributed by atoms with Gasteiger partial charge in [0.05, 0.1) is 26.9 Å². The molecule has 0 spiro atoms. The van der Waals surface area contributed by atoms with Crippen molar-refractivity contribution in [3.05, 3.63) is 52.6 Å². The zero-order valence-corrected chi connectivity index (χ0v) is 32.4. The van der Waals surface area contributed by atoms with Crippen LogP contribution in [0.2, 0.25) is 0 Å². The Morgan fingerprint density at radius 2 is 1.72 bits per heavy atom. The zero-order chi connectivity index (χ0) is 37.6. The highest BCUT2D eigenvalue weighted by atomic mass is 33.1. The molecule has 0 saturated carbocycles. The van der Waals surface area contributed by atoms with E-state index in [-0.39, 0.29) is 65.3 Å². The maximum Gasteiger partial charge on any atom is 0.207 e. The van der Waals surface area contributed by atoms with E-state index >= 15 is 0 Å². The SMILES string of the molecule is COc1c(O)c(OCCC(C)C)cc(C2Oc3cc(OCCO)c4c5c3C(C3CCC(CC(c6cc(O)ccc6-4)C5CO)C(C)CCSS3)C2O)c1O. The molecule has 10 nitrogen and oxygen atoms in total. The molecular formula is C41H52O10S2. The Hall–Kier alpha value is -3.16. The number of phenolic OH excluding ortho intramolecular Hbond substituents is 3. The molecule has 0 aromatic heterocycles. The monoisotopic (exact) mass is 768 g/mol. The number of ether oxygens (including phenoxy) is 4. The molecule has 288 valence electrons.